The second kappa shape index (κ2) is 5.23. The monoisotopic (exact) mass is 291 g/mol. The molecule has 1 aliphatic heterocycles. The predicted molar refractivity (Wildman–Crippen MR) is 61.1 cm³/mol. The Bertz CT molecular complexity index is 501. The quantitative estimate of drug-likeness (QED) is 0.878. The zero-order valence-corrected chi connectivity index (χ0v) is 10.3. The van der Waals surface area contributed by atoms with Crippen molar-refractivity contribution in [2.75, 3.05) is 18.5 Å². The third-order valence-electron chi connectivity index (χ3n) is 3.05. The molecule has 110 valence electrons. The third-order valence-corrected chi connectivity index (χ3v) is 3.05. The van der Waals surface area contributed by atoms with E-state index in [-0.39, 0.29) is 32.0 Å². The van der Waals surface area contributed by atoms with Crippen molar-refractivity contribution in [2.24, 2.45) is 0 Å². The lowest BCUT2D eigenvalue weighted by Crippen LogP contribution is -2.51. The van der Waals surface area contributed by atoms with Crippen LogP contribution in [0.1, 0.15) is 18.5 Å². The normalized spacial score (nSPS) is 18.6. The number of aliphatic carboxylic acids is 1. The van der Waals surface area contributed by atoms with Crippen LogP contribution < -0.4 is 5.32 Å². The van der Waals surface area contributed by atoms with Crippen LogP contribution in [0.15, 0.2) is 12.3 Å². The van der Waals surface area contributed by atoms with Crippen molar-refractivity contribution >= 4 is 11.9 Å². The Morgan fingerprint density at radius 1 is 1.40 bits per heavy atom. The average molecular weight is 291 g/mol. The molecule has 0 bridgehead atoms. The number of hydrogen-bond donors (Lipinski definition) is 2. The van der Waals surface area contributed by atoms with Crippen molar-refractivity contribution in [3.8, 4) is 0 Å². The minimum atomic E-state index is -4.61. The minimum Gasteiger partial charge on any atom is -0.480 e. The van der Waals surface area contributed by atoms with Crippen molar-refractivity contribution < 1.29 is 27.8 Å². The molecule has 6 nitrogen and oxygen atoms in total. The van der Waals surface area contributed by atoms with Gasteiger partial charge >= 0.3 is 12.1 Å². The highest BCUT2D eigenvalue weighted by Gasteiger charge is 2.41. The fraction of sp³-hybridized carbons (Fsp3) is 0.545. The van der Waals surface area contributed by atoms with Crippen LogP contribution in [0.25, 0.3) is 0 Å². The number of carboxylic acids is 1. The van der Waals surface area contributed by atoms with Gasteiger partial charge in [-0.15, -0.1) is 0 Å². The summed E-state index contributed by atoms with van der Waals surface area (Å²) in [5.41, 5.74) is -2.52. The van der Waals surface area contributed by atoms with E-state index in [0.29, 0.717) is 0 Å². The molecule has 2 heterocycles. The first-order chi connectivity index (χ1) is 9.33. The molecular formula is C11H12F3N3O3. The minimum absolute atomic E-state index is 0.127. The summed E-state index contributed by atoms with van der Waals surface area (Å²) in [6.07, 6.45) is -3.41. The maximum Gasteiger partial charge on any atom is 0.433 e. The van der Waals surface area contributed by atoms with Crippen molar-refractivity contribution in [3.63, 3.8) is 0 Å². The van der Waals surface area contributed by atoms with E-state index in [0.717, 1.165) is 12.3 Å². The molecule has 1 aromatic rings. The topological polar surface area (TPSA) is 84.3 Å². The summed E-state index contributed by atoms with van der Waals surface area (Å²) >= 11 is 0. The third kappa shape index (κ3) is 2.98. The van der Waals surface area contributed by atoms with Gasteiger partial charge in [0.25, 0.3) is 0 Å². The molecule has 0 aliphatic carbocycles. The maximum absolute atomic E-state index is 12.5. The van der Waals surface area contributed by atoms with E-state index in [1.165, 1.54) is 0 Å². The first-order valence-corrected chi connectivity index (χ1v) is 5.83. The molecule has 0 spiro atoms. The standard InChI is InChI=1S/C11H12F3N3O3/c12-11(13,14)7-1-4-15-9(16-7)17-10(8(18)19)2-5-20-6-3-10/h1,4H,2-3,5-6H2,(H,18,19)(H,15,16,17). The lowest BCUT2D eigenvalue weighted by Gasteiger charge is -2.33. The van der Waals surface area contributed by atoms with Gasteiger partial charge in [0, 0.05) is 32.3 Å². The van der Waals surface area contributed by atoms with Gasteiger partial charge in [0.2, 0.25) is 5.95 Å². The van der Waals surface area contributed by atoms with E-state index >= 15 is 0 Å². The fourth-order valence-corrected chi connectivity index (χ4v) is 1.90. The highest BCUT2D eigenvalue weighted by atomic mass is 19.4. The molecule has 0 unspecified atom stereocenters. The Morgan fingerprint density at radius 3 is 2.60 bits per heavy atom. The molecule has 0 saturated carbocycles. The molecule has 1 aliphatic rings. The first kappa shape index (κ1) is 14.5. The summed E-state index contributed by atoms with van der Waals surface area (Å²) < 4.78 is 42.7. The number of carbonyl (C=O) groups is 1. The number of halogens is 3. The van der Waals surface area contributed by atoms with Crippen molar-refractivity contribution in [1.29, 1.82) is 0 Å². The first-order valence-electron chi connectivity index (χ1n) is 5.83. The van der Waals surface area contributed by atoms with Gasteiger partial charge in [0.15, 0.2) is 0 Å². The lowest BCUT2D eigenvalue weighted by atomic mass is 9.90. The SMILES string of the molecule is O=C(O)C1(Nc2nccc(C(F)(F)F)n2)CCOCC1. The molecule has 1 aromatic heterocycles. The molecule has 0 aromatic carbocycles. The van der Waals surface area contributed by atoms with Crippen molar-refractivity contribution in [3.05, 3.63) is 18.0 Å². The van der Waals surface area contributed by atoms with Gasteiger partial charge in [-0.3, -0.25) is 0 Å². The number of nitrogens with one attached hydrogen (secondary N) is 1. The number of ether oxygens (including phenoxy) is 1. The molecule has 0 atom stereocenters. The molecular weight excluding hydrogens is 279 g/mol. The Kier molecular flexibility index (Phi) is 3.80. The number of aromatic nitrogens is 2. The summed E-state index contributed by atoms with van der Waals surface area (Å²) in [4.78, 5) is 18.3. The summed E-state index contributed by atoms with van der Waals surface area (Å²) in [5.74, 6) is -1.52. The van der Waals surface area contributed by atoms with E-state index in [9.17, 15) is 23.1 Å². The predicted octanol–water partition coefficient (Wildman–Crippen LogP) is 1.54. The average Bonchev–Trinajstić information content (AvgIpc) is 2.39. The number of rotatable bonds is 3. The van der Waals surface area contributed by atoms with Crippen molar-refractivity contribution in [2.45, 2.75) is 24.6 Å². The Hall–Kier alpha value is -1.90. The summed E-state index contributed by atoms with van der Waals surface area (Å²) in [6.45, 7) is 0.413. The van der Waals surface area contributed by atoms with Crippen LogP contribution in [0.2, 0.25) is 0 Å². The van der Waals surface area contributed by atoms with Crippen LogP contribution in [-0.2, 0) is 15.7 Å². The number of hydrogen-bond acceptors (Lipinski definition) is 5. The molecule has 2 rings (SSSR count). The Morgan fingerprint density at radius 2 is 2.05 bits per heavy atom. The number of alkyl halides is 3. The Labute approximate surface area is 112 Å². The van der Waals surface area contributed by atoms with E-state index in [1.54, 1.807) is 0 Å². The molecule has 9 heteroatoms. The van der Waals surface area contributed by atoms with Crippen molar-refractivity contribution in [1.82, 2.24) is 9.97 Å². The number of nitrogens with zero attached hydrogens (tertiary/aromatic N) is 2. The van der Waals surface area contributed by atoms with Crippen LogP contribution in [0.3, 0.4) is 0 Å². The zero-order chi connectivity index (χ0) is 14.8. The van der Waals surface area contributed by atoms with Gasteiger partial charge < -0.3 is 15.2 Å². The van der Waals surface area contributed by atoms with Gasteiger partial charge in [0.05, 0.1) is 0 Å². The number of anilines is 1. The zero-order valence-electron chi connectivity index (χ0n) is 10.3. The van der Waals surface area contributed by atoms with E-state index in [1.807, 2.05) is 0 Å². The van der Waals surface area contributed by atoms with E-state index < -0.39 is 23.4 Å². The van der Waals surface area contributed by atoms with Gasteiger partial charge in [-0.1, -0.05) is 0 Å². The van der Waals surface area contributed by atoms with Crippen LogP contribution in [0.4, 0.5) is 19.1 Å². The van der Waals surface area contributed by atoms with Gasteiger partial charge in [0.1, 0.15) is 11.2 Å². The molecule has 2 N–H and O–H groups in total. The number of carboxylic acid groups (broad SMARTS) is 1. The van der Waals surface area contributed by atoms with Gasteiger partial charge in [-0.2, -0.15) is 13.2 Å². The second-order valence-electron chi connectivity index (χ2n) is 4.39. The van der Waals surface area contributed by atoms with Crippen LogP contribution in [0.5, 0.6) is 0 Å². The molecule has 1 fully saturated rings. The maximum atomic E-state index is 12.5. The smallest absolute Gasteiger partial charge is 0.433 e. The second-order valence-corrected chi connectivity index (χ2v) is 4.39. The van der Waals surface area contributed by atoms with E-state index in [2.05, 4.69) is 15.3 Å². The summed E-state index contributed by atoms with van der Waals surface area (Å²) in [5, 5.41) is 11.8. The largest absolute Gasteiger partial charge is 0.480 e. The fourth-order valence-electron chi connectivity index (χ4n) is 1.90. The molecule has 0 amide bonds. The molecule has 0 radical (unpaired) electrons. The molecule has 1 saturated heterocycles. The van der Waals surface area contributed by atoms with Crippen LogP contribution >= 0.6 is 0 Å². The lowest BCUT2D eigenvalue weighted by molar-refractivity contribution is -0.145. The van der Waals surface area contributed by atoms with Crippen LogP contribution in [-0.4, -0.2) is 39.8 Å². The van der Waals surface area contributed by atoms with E-state index in [4.69, 9.17) is 4.74 Å². The van der Waals surface area contributed by atoms with Crippen LogP contribution in [0, 0.1) is 0 Å². The highest BCUT2D eigenvalue weighted by Crippen LogP contribution is 2.29. The molecule has 20 heavy (non-hydrogen) atoms. The van der Waals surface area contributed by atoms with Gasteiger partial charge in [-0.05, 0) is 6.07 Å². The Balaban J connectivity index is 2.25. The van der Waals surface area contributed by atoms with Gasteiger partial charge in [-0.25, -0.2) is 14.8 Å². The summed E-state index contributed by atoms with van der Waals surface area (Å²) in [6, 6.07) is 0.725. The highest BCUT2D eigenvalue weighted by molar-refractivity contribution is 5.82. The summed E-state index contributed by atoms with van der Waals surface area (Å²) in [7, 11) is 0.